The molecule has 0 spiro atoms. The number of nitrogens with two attached hydrogens (primary N) is 1. The zero-order chi connectivity index (χ0) is 13.5. The Morgan fingerprint density at radius 2 is 2.11 bits per heavy atom. The lowest BCUT2D eigenvalue weighted by molar-refractivity contribution is -0.125. The number of benzene rings is 1. The van der Waals surface area contributed by atoms with Crippen molar-refractivity contribution in [1.82, 2.24) is 5.32 Å². The molecule has 19 heavy (non-hydrogen) atoms. The molecule has 3 N–H and O–H groups in total. The zero-order valence-corrected chi connectivity index (χ0v) is 11.2. The van der Waals surface area contributed by atoms with Crippen LogP contribution in [-0.2, 0) is 4.79 Å². The van der Waals surface area contributed by atoms with Gasteiger partial charge in [0, 0.05) is 18.5 Å². The van der Waals surface area contributed by atoms with Crippen LogP contribution in [0.5, 0.6) is 0 Å². The second kappa shape index (κ2) is 7.10. The number of amides is 1. The van der Waals surface area contributed by atoms with Crippen molar-refractivity contribution in [1.29, 1.82) is 0 Å². The number of nitrogens with one attached hydrogen (secondary N) is 1. The van der Waals surface area contributed by atoms with Crippen LogP contribution in [0.3, 0.4) is 0 Å². The normalized spacial score (nSPS) is 19.9. The van der Waals surface area contributed by atoms with Crippen LogP contribution in [0, 0.1) is 5.92 Å². The average Bonchev–Trinajstić information content (AvgIpc) is 2.49. The van der Waals surface area contributed by atoms with Gasteiger partial charge in [-0.05, 0) is 31.2 Å². The van der Waals surface area contributed by atoms with Gasteiger partial charge in [0.15, 0.2) is 0 Å². The molecule has 0 fully saturated rings. The van der Waals surface area contributed by atoms with Gasteiger partial charge in [0.1, 0.15) is 0 Å². The van der Waals surface area contributed by atoms with E-state index in [1.807, 2.05) is 30.3 Å². The molecule has 3 nitrogen and oxygen atoms in total. The van der Waals surface area contributed by atoms with Crippen LogP contribution in [0.15, 0.2) is 42.5 Å². The minimum Gasteiger partial charge on any atom is -0.356 e. The van der Waals surface area contributed by atoms with E-state index in [1.54, 1.807) is 0 Å². The molecule has 0 saturated carbocycles. The predicted octanol–water partition coefficient (Wildman–Crippen LogP) is 2.55. The van der Waals surface area contributed by atoms with Crippen molar-refractivity contribution in [2.45, 2.75) is 31.7 Å². The van der Waals surface area contributed by atoms with Gasteiger partial charge in [0.05, 0.1) is 0 Å². The van der Waals surface area contributed by atoms with Gasteiger partial charge in [-0.3, -0.25) is 4.79 Å². The molecule has 1 aliphatic carbocycles. The summed E-state index contributed by atoms with van der Waals surface area (Å²) in [5, 5.41) is 3.00. The van der Waals surface area contributed by atoms with E-state index in [2.05, 4.69) is 17.5 Å². The van der Waals surface area contributed by atoms with Gasteiger partial charge >= 0.3 is 0 Å². The first-order chi connectivity index (χ1) is 9.27. The van der Waals surface area contributed by atoms with Gasteiger partial charge < -0.3 is 11.1 Å². The van der Waals surface area contributed by atoms with E-state index >= 15 is 0 Å². The first-order valence-corrected chi connectivity index (χ1v) is 7.00. The van der Waals surface area contributed by atoms with Crippen molar-refractivity contribution in [2.75, 3.05) is 6.54 Å². The Morgan fingerprint density at radius 3 is 2.79 bits per heavy atom. The smallest absolute Gasteiger partial charge is 0.223 e. The standard InChI is InChI=1S/C16H22N2O/c17-15(13-7-3-1-4-8-13)11-12-18-16(19)14-9-5-2-6-10-14/h1-5,7-8,14-15H,6,9-12,17H2,(H,18,19). The number of carbonyl (C=O) groups excluding carboxylic acids is 1. The first kappa shape index (κ1) is 13.8. The molecule has 102 valence electrons. The molecule has 2 atom stereocenters. The lowest BCUT2D eigenvalue weighted by Gasteiger charge is -2.18. The van der Waals surface area contributed by atoms with Crippen molar-refractivity contribution < 1.29 is 4.79 Å². The number of carbonyl (C=O) groups is 1. The summed E-state index contributed by atoms with van der Waals surface area (Å²) < 4.78 is 0. The first-order valence-electron chi connectivity index (χ1n) is 7.00. The van der Waals surface area contributed by atoms with Crippen LogP contribution < -0.4 is 11.1 Å². The summed E-state index contributed by atoms with van der Waals surface area (Å²) in [6.45, 7) is 0.648. The van der Waals surface area contributed by atoms with E-state index in [-0.39, 0.29) is 17.9 Å². The Labute approximate surface area is 114 Å². The van der Waals surface area contributed by atoms with E-state index in [0.717, 1.165) is 31.2 Å². The lowest BCUT2D eigenvalue weighted by atomic mass is 9.93. The van der Waals surface area contributed by atoms with Crippen LogP contribution in [0.1, 0.15) is 37.3 Å². The van der Waals surface area contributed by atoms with Crippen LogP contribution in [0.4, 0.5) is 0 Å². The van der Waals surface area contributed by atoms with Crippen molar-refractivity contribution >= 4 is 5.91 Å². The van der Waals surface area contributed by atoms with E-state index in [1.165, 1.54) is 0 Å². The van der Waals surface area contributed by atoms with Crippen LogP contribution in [0.25, 0.3) is 0 Å². The highest BCUT2D eigenvalue weighted by molar-refractivity contribution is 5.78. The highest BCUT2D eigenvalue weighted by Gasteiger charge is 2.18. The molecule has 0 bridgehead atoms. The fourth-order valence-electron chi connectivity index (χ4n) is 2.39. The van der Waals surface area contributed by atoms with E-state index in [4.69, 9.17) is 5.73 Å². The highest BCUT2D eigenvalue weighted by atomic mass is 16.1. The Balaban J connectivity index is 1.71. The maximum absolute atomic E-state index is 11.9. The second-order valence-electron chi connectivity index (χ2n) is 5.08. The molecular formula is C16H22N2O. The van der Waals surface area contributed by atoms with Gasteiger partial charge in [0.2, 0.25) is 5.91 Å². The molecule has 1 aromatic carbocycles. The summed E-state index contributed by atoms with van der Waals surface area (Å²) in [5.41, 5.74) is 7.22. The highest BCUT2D eigenvalue weighted by Crippen LogP contribution is 2.18. The monoisotopic (exact) mass is 258 g/mol. The second-order valence-corrected chi connectivity index (χ2v) is 5.08. The molecular weight excluding hydrogens is 236 g/mol. The molecule has 3 heteroatoms. The van der Waals surface area contributed by atoms with E-state index in [9.17, 15) is 4.79 Å². The zero-order valence-electron chi connectivity index (χ0n) is 11.2. The van der Waals surface area contributed by atoms with Gasteiger partial charge in [-0.2, -0.15) is 0 Å². The van der Waals surface area contributed by atoms with E-state index in [0.29, 0.717) is 6.54 Å². The Bertz CT molecular complexity index is 428. The number of hydrogen-bond acceptors (Lipinski definition) is 2. The fraction of sp³-hybridized carbons (Fsp3) is 0.438. The molecule has 0 saturated heterocycles. The molecule has 2 unspecified atom stereocenters. The molecule has 1 aliphatic rings. The van der Waals surface area contributed by atoms with Gasteiger partial charge in [-0.1, -0.05) is 42.5 Å². The fourth-order valence-corrected chi connectivity index (χ4v) is 2.39. The van der Waals surface area contributed by atoms with E-state index < -0.39 is 0 Å². The molecule has 0 aliphatic heterocycles. The molecule has 1 aromatic rings. The van der Waals surface area contributed by atoms with Gasteiger partial charge in [-0.25, -0.2) is 0 Å². The summed E-state index contributed by atoms with van der Waals surface area (Å²) in [5.74, 6) is 0.322. The lowest BCUT2D eigenvalue weighted by Crippen LogP contribution is -2.33. The summed E-state index contributed by atoms with van der Waals surface area (Å²) >= 11 is 0. The van der Waals surface area contributed by atoms with Crippen molar-refractivity contribution in [3.63, 3.8) is 0 Å². The minimum atomic E-state index is -0.00671. The third-order valence-corrected chi connectivity index (χ3v) is 3.62. The number of hydrogen-bond donors (Lipinski definition) is 2. The number of rotatable bonds is 5. The predicted molar refractivity (Wildman–Crippen MR) is 77.5 cm³/mol. The third kappa shape index (κ3) is 4.21. The van der Waals surface area contributed by atoms with Crippen molar-refractivity contribution in [2.24, 2.45) is 11.7 Å². The molecule has 0 heterocycles. The van der Waals surface area contributed by atoms with Crippen molar-refractivity contribution in [3.8, 4) is 0 Å². The SMILES string of the molecule is NC(CCNC(=O)C1CC=CCC1)c1ccccc1. The molecule has 1 amide bonds. The summed E-state index contributed by atoms with van der Waals surface area (Å²) in [6, 6.07) is 10.0. The largest absolute Gasteiger partial charge is 0.356 e. The summed E-state index contributed by atoms with van der Waals surface area (Å²) in [4.78, 5) is 11.9. The van der Waals surface area contributed by atoms with Crippen molar-refractivity contribution in [3.05, 3.63) is 48.0 Å². The quantitative estimate of drug-likeness (QED) is 0.797. The third-order valence-electron chi connectivity index (χ3n) is 3.62. The summed E-state index contributed by atoms with van der Waals surface area (Å²) in [7, 11) is 0. The van der Waals surface area contributed by atoms with Gasteiger partial charge in [-0.15, -0.1) is 0 Å². The molecule has 0 aromatic heterocycles. The van der Waals surface area contributed by atoms with Gasteiger partial charge in [0.25, 0.3) is 0 Å². The molecule has 0 radical (unpaired) electrons. The topological polar surface area (TPSA) is 55.1 Å². The van der Waals surface area contributed by atoms with Crippen LogP contribution >= 0.6 is 0 Å². The molecule has 2 rings (SSSR count). The average molecular weight is 258 g/mol. The number of allylic oxidation sites excluding steroid dienone is 2. The minimum absolute atomic E-state index is 0.00671. The maximum atomic E-state index is 11.9. The Hall–Kier alpha value is -1.61. The maximum Gasteiger partial charge on any atom is 0.223 e. The van der Waals surface area contributed by atoms with Crippen LogP contribution in [0.2, 0.25) is 0 Å². The Morgan fingerprint density at radius 1 is 1.32 bits per heavy atom. The summed E-state index contributed by atoms with van der Waals surface area (Å²) in [6.07, 6.45) is 7.88. The Kier molecular flexibility index (Phi) is 5.16. The van der Waals surface area contributed by atoms with Crippen LogP contribution in [-0.4, -0.2) is 12.5 Å².